The lowest BCUT2D eigenvalue weighted by atomic mass is 10.1. The standard InChI is InChI=1S/C12H12F2N2O2/c1-3-10-11(17)15-9-5-8(14)7(13)4-6(9)12(18)16(10)2/h4-5,10H,3H2,1-2H3,(H,15,17)/t10-/m1/s1. The second-order valence-electron chi connectivity index (χ2n) is 4.14. The number of rotatable bonds is 1. The predicted octanol–water partition coefficient (Wildman–Crippen LogP) is 1.77. The number of carbonyl (C=O) groups excluding carboxylic acids is 2. The van der Waals surface area contributed by atoms with Gasteiger partial charge in [-0.2, -0.15) is 0 Å². The van der Waals surface area contributed by atoms with Crippen LogP contribution in [0.3, 0.4) is 0 Å². The molecular weight excluding hydrogens is 242 g/mol. The minimum absolute atomic E-state index is 0.00620. The van der Waals surface area contributed by atoms with Crippen molar-refractivity contribution in [1.82, 2.24) is 4.90 Å². The third-order valence-corrected chi connectivity index (χ3v) is 3.03. The smallest absolute Gasteiger partial charge is 0.256 e. The SMILES string of the molecule is CC[C@@H]1C(=O)Nc2cc(F)c(F)cc2C(=O)N1C. The quantitative estimate of drug-likeness (QED) is 0.830. The number of nitrogens with one attached hydrogen (secondary N) is 1. The second kappa shape index (κ2) is 4.36. The molecule has 2 rings (SSSR count). The van der Waals surface area contributed by atoms with Crippen molar-refractivity contribution in [2.75, 3.05) is 12.4 Å². The van der Waals surface area contributed by atoms with Crippen LogP contribution in [-0.2, 0) is 4.79 Å². The van der Waals surface area contributed by atoms with Crippen LogP contribution in [0.15, 0.2) is 12.1 Å². The highest BCUT2D eigenvalue weighted by Crippen LogP contribution is 2.25. The van der Waals surface area contributed by atoms with Gasteiger partial charge in [-0.3, -0.25) is 9.59 Å². The number of benzene rings is 1. The van der Waals surface area contributed by atoms with E-state index in [1.807, 2.05) is 0 Å². The van der Waals surface area contributed by atoms with Crippen molar-refractivity contribution in [2.24, 2.45) is 0 Å². The molecule has 1 heterocycles. The average Bonchev–Trinajstić information content (AvgIpc) is 2.40. The lowest BCUT2D eigenvalue weighted by molar-refractivity contribution is -0.120. The van der Waals surface area contributed by atoms with Crippen molar-refractivity contribution >= 4 is 17.5 Å². The Kier molecular flexibility index (Phi) is 3.02. The van der Waals surface area contributed by atoms with Crippen LogP contribution < -0.4 is 5.32 Å². The fourth-order valence-corrected chi connectivity index (χ4v) is 2.01. The number of nitrogens with zero attached hydrogens (tertiary/aromatic N) is 1. The van der Waals surface area contributed by atoms with Gasteiger partial charge in [-0.05, 0) is 12.5 Å². The summed E-state index contributed by atoms with van der Waals surface area (Å²) in [7, 11) is 1.46. The summed E-state index contributed by atoms with van der Waals surface area (Å²) in [5, 5.41) is 2.44. The van der Waals surface area contributed by atoms with E-state index in [0.717, 1.165) is 12.1 Å². The zero-order valence-corrected chi connectivity index (χ0v) is 9.96. The lowest BCUT2D eigenvalue weighted by Gasteiger charge is -2.22. The van der Waals surface area contributed by atoms with Crippen LogP contribution in [0, 0.1) is 11.6 Å². The van der Waals surface area contributed by atoms with E-state index in [2.05, 4.69) is 5.32 Å². The summed E-state index contributed by atoms with van der Waals surface area (Å²) in [4.78, 5) is 25.1. The average molecular weight is 254 g/mol. The molecular formula is C12H12F2N2O2. The first kappa shape index (κ1) is 12.5. The van der Waals surface area contributed by atoms with Crippen LogP contribution in [0.2, 0.25) is 0 Å². The van der Waals surface area contributed by atoms with Crippen molar-refractivity contribution in [1.29, 1.82) is 0 Å². The molecule has 96 valence electrons. The molecule has 0 saturated carbocycles. The van der Waals surface area contributed by atoms with Gasteiger partial charge in [0.2, 0.25) is 5.91 Å². The number of hydrogen-bond acceptors (Lipinski definition) is 2. The monoisotopic (exact) mass is 254 g/mol. The lowest BCUT2D eigenvalue weighted by Crippen LogP contribution is -2.42. The topological polar surface area (TPSA) is 49.4 Å². The summed E-state index contributed by atoms with van der Waals surface area (Å²) in [6, 6.07) is 0.991. The number of likely N-dealkylation sites (N-methyl/N-ethyl adjacent to an activating group) is 1. The Morgan fingerprint density at radius 1 is 1.28 bits per heavy atom. The molecule has 2 amide bonds. The molecule has 4 nitrogen and oxygen atoms in total. The van der Waals surface area contributed by atoms with Gasteiger partial charge in [0, 0.05) is 13.1 Å². The molecule has 1 aromatic rings. The maximum absolute atomic E-state index is 13.2. The molecule has 0 saturated heterocycles. The van der Waals surface area contributed by atoms with Crippen molar-refractivity contribution in [3.8, 4) is 0 Å². The summed E-state index contributed by atoms with van der Waals surface area (Å²) in [6.45, 7) is 1.76. The summed E-state index contributed by atoms with van der Waals surface area (Å²) in [6.07, 6.45) is 0.424. The third kappa shape index (κ3) is 1.83. The van der Waals surface area contributed by atoms with Crippen LogP contribution in [0.5, 0.6) is 0 Å². The molecule has 0 unspecified atom stereocenters. The fraction of sp³-hybridized carbons (Fsp3) is 0.333. The minimum atomic E-state index is -1.11. The highest BCUT2D eigenvalue weighted by Gasteiger charge is 2.32. The van der Waals surface area contributed by atoms with Gasteiger partial charge in [-0.25, -0.2) is 8.78 Å². The van der Waals surface area contributed by atoms with Crippen LogP contribution in [0.4, 0.5) is 14.5 Å². The Balaban J connectivity index is 2.57. The van der Waals surface area contributed by atoms with Gasteiger partial charge in [-0.1, -0.05) is 6.92 Å². The summed E-state index contributed by atoms with van der Waals surface area (Å²) >= 11 is 0. The van der Waals surface area contributed by atoms with E-state index in [1.54, 1.807) is 6.92 Å². The van der Waals surface area contributed by atoms with E-state index in [4.69, 9.17) is 0 Å². The summed E-state index contributed by atoms with van der Waals surface area (Å²) < 4.78 is 26.3. The van der Waals surface area contributed by atoms with Gasteiger partial charge in [-0.15, -0.1) is 0 Å². The number of amides is 2. The van der Waals surface area contributed by atoms with E-state index < -0.39 is 29.5 Å². The number of anilines is 1. The maximum Gasteiger partial charge on any atom is 0.256 e. The van der Waals surface area contributed by atoms with Gasteiger partial charge in [0.15, 0.2) is 11.6 Å². The highest BCUT2D eigenvalue weighted by atomic mass is 19.2. The molecule has 0 aromatic heterocycles. The Labute approximate surface area is 103 Å². The zero-order chi connectivity index (χ0) is 13.4. The summed E-state index contributed by atoms with van der Waals surface area (Å²) in [5.74, 6) is -3.12. The molecule has 18 heavy (non-hydrogen) atoms. The van der Waals surface area contributed by atoms with Gasteiger partial charge >= 0.3 is 0 Å². The van der Waals surface area contributed by atoms with Crippen LogP contribution in [0.1, 0.15) is 23.7 Å². The number of halogens is 2. The Hall–Kier alpha value is -1.98. The molecule has 0 spiro atoms. The third-order valence-electron chi connectivity index (χ3n) is 3.03. The normalized spacial score (nSPS) is 19.3. The number of carbonyl (C=O) groups is 2. The van der Waals surface area contributed by atoms with E-state index in [1.165, 1.54) is 11.9 Å². The highest BCUT2D eigenvalue weighted by molar-refractivity contribution is 6.09. The zero-order valence-electron chi connectivity index (χ0n) is 9.96. The first-order valence-electron chi connectivity index (χ1n) is 5.52. The first-order chi connectivity index (χ1) is 8.45. The van der Waals surface area contributed by atoms with Gasteiger partial charge < -0.3 is 10.2 Å². The molecule has 1 atom stereocenters. The number of hydrogen-bond donors (Lipinski definition) is 1. The van der Waals surface area contributed by atoms with E-state index in [9.17, 15) is 18.4 Å². The Bertz CT molecular complexity index is 531. The van der Waals surface area contributed by atoms with Crippen molar-refractivity contribution in [3.05, 3.63) is 29.3 Å². The Morgan fingerprint density at radius 3 is 2.50 bits per heavy atom. The van der Waals surface area contributed by atoms with E-state index in [0.29, 0.717) is 6.42 Å². The molecule has 0 radical (unpaired) electrons. The largest absolute Gasteiger partial charge is 0.330 e. The predicted molar refractivity (Wildman–Crippen MR) is 61.2 cm³/mol. The van der Waals surface area contributed by atoms with Crippen molar-refractivity contribution in [2.45, 2.75) is 19.4 Å². The van der Waals surface area contributed by atoms with Crippen LogP contribution in [-0.4, -0.2) is 29.8 Å². The molecule has 1 aliphatic heterocycles. The second-order valence-corrected chi connectivity index (χ2v) is 4.14. The fourth-order valence-electron chi connectivity index (χ4n) is 2.01. The van der Waals surface area contributed by atoms with E-state index >= 15 is 0 Å². The molecule has 1 aliphatic rings. The Morgan fingerprint density at radius 2 is 1.89 bits per heavy atom. The minimum Gasteiger partial charge on any atom is -0.330 e. The summed E-state index contributed by atoms with van der Waals surface area (Å²) in [5.41, 5.74) is -0.0348. The van der Waals surface area contributed by atoms with E-state index in [-0.39, 0.29) is 11.3 Å². The van der Waals surface area contributed by atoms with Gasteiger partial charge in [0.25, 0.3) is 5.91 Å². The molecule has 0 aliphatic carbocycles. The molecule has 0 fully saturated rings. The molecule has 6 heteroatoms. The molecule has 1 aromatic carbocycles. The van der Waals surface area contributed by atoms with Crippen molar-refractivity contribution in [3.63, 3.8) is 0 Å². The van der Waals surface area contributed by atoms with Gasteiger partial charge in [0.05, 0.1) is 11.3 Å². The maximum atomic E-state index is 13.2. The van der Waals surface area contributed by atoms with Crippen molar-refractivity contribution < 1.29 is 18.4 Å². The molecule has 1 N–H and O–H groups in total. The van der Waals surface area contributed by atoms with Crippen LogP contribution in [0.25, 0.3) is 0 Å². The number of fused-ring (bicyclic) bond motifs is 1. The molecule has 0 bridgehead atoms. The van der Waals surface area contributed by atoms with Crippen LogP contribution >= 0.6 is 0 Å². The van der Waals surface area contributed by atoms with Gasteiger partial charge in [0.1, 0.15) is 6.04 Å². The first-order valence-corrected chi connectivity index (χ1v) is 5.52.